The van der Waals surface area contributed by atoms with Crippen molar-refractivity contribution in [1.29, 1.82) is 0 Å². The smallest absolute Gasteiger partial charge is 0.196 e. The summed E-state index contributed by atoms with van der Waals surface area (Å²) in [5, 5.41) is 9.90. The lowest BCUT2D eigenvalue weighted by atomic mass is 10.1. The van der Waals surface area contributed by atoms with Crippen LogP contribution in [0.4, 0.5) is 8.78 Å². The molecule has 130 valence electrons. The van der Waals surface area contributed by atoms with Crippen LogP contribution in [0.15, 0.2) is 53.7 Å². The van der Waals surface area contributed by atoms with Gasteiger partial charge in [0.15, 0.2) is 16.6 Å². The van der Waals surface area contributed by atoms with Gasteiger partial charge in [0, 0.05) is 5.39 Å². The first kappa shape index (κ1) is 16.7. The van der Waals surface area contributed by atoms with Crippen molar-refractivity contribution in [2.24, 2.45) is 0 Å². The number of aromatic nitrogens is 3. The van der Waals surface area contributed by atoms with Crippen LogP contribution in [-0.4, -0.2) is 26.1 Å². The Morgan fingerprint density at radius 2 is 1.92 bits per heavy atom. The Morgan fingerprint density at radius 1 is 1.12 bits per heavy atom. The third-order valence-corrected chi connectivity index (χ3v) is 5.06. The van der Waals surface area contributed by atoms with Gasteiger partial charge in [-0.3, -0.25) is 9.20 Å². The standard InChI is InChI=1S/C19H13F2N3OS/c1-11-8-18-22-23-19(24(18)16-5-3-2-4-13(11)16)26-10-17(25)14-9-12(20)6-7-15(14)21/h2-9H,10H2,1H3. The van der Waals surface area contributed by atoms with E-state index >= 15 is 0 Å². The van der Waals surface area contributed by atoms with E-state index in [0.29, 0.717) is 10.8 Å². The Labute approximate surface area is 151 Å². The number of hydrogen-bond donors (Lipinski definition) is 0. The fourth-order valence-corrected chi connectivity index (χ4v) is 3.72. The van der Waals surface area contributed by atoms with Crippen LogP contribution in [0.5, 0.6) is 0 Å². The Kier molecular flexibility index (Phi) is 4.16. The topological polar surface area (TPSA) is 47.3 Å². The first-order chi connectivity index (χ1) is 12.5. The fourth-order valence-electron chi connectivity index (χ4n) is 2.89. The minimum Gasteiger partial charge on any atom is -0.293 e. The van der Waals surface area contributed by atoms with E-state index in [1.165, 1.54) is 0 Å². The maximum atomic E-state index is 13.8. The third-order valence-electron chi connectivity index (χ3n) is 4.13. The minimum atomic E-state index is -0.732. The van der Waals surface area contributed by atoms with Gasteiger partial charge in [-0.05, 0) is 42.8 Å². The molecule has 0 saturated heterocycles. The Hall–Kier alpha value is -2.80. The zero-order chi connectivity index (χ0) is 18.3. The van der Waals surface area contributed by atoms with Crippen LogP contribution >= 0.6 is 11.8 Å². The molecule has 4 rings (SSSR count). The molecule has 7 heteroatoms. The molecule has 2 aromatic heterocycles. The summed E-state index contributed by atoms with van der Waals surface area (Å²) < 4.78 is 28.9. The van der Waals surface area contributed by atoms with Gasteiger partial charge in [-0.2, -0.15) is 0 Å². The minimum absolute atomic E-state index is 0.0661. The molecule has 0 aliphatic carbocycles. The maximum Gasteiger partial charge on any atom is 0.196 e. The van der Waals surface area contributed by atoms with Gasteiger partial charge in [-0.25, -0.2) is 8.78 Å². The third kappa shape index (κ3) is 2.84. The molecule has 0 spiro atoms. The number of para-hydroxylation sites is 1. The van der Waals surface area contributed by atoms with Crippen LogP contribution in [0.25, 0.3) is 16.6 Å². The van der Waals surface area contributed by atoms with Crippen LogP contribution in [0.2, 0.25) is 0 Å². The summed E-state index contributed by atoms with van der Waals surface area (Å²) in [5.74, 6) is -1.94. The first-order valence-corrected chi connectivity index (χ1v) is 8.87. The summed E-state index contributed by atoms with van der Waals surface area (Å²) in [5.41, 5.74) is 2.43. The SMILES string of the molecule is Cc1cc2nnc(SCC(=O)c3cc(F)ccc3F)n2c2ccccc12. The van der Waals surface area contributed by atoms with Crippen LogP contribution < -0.4 is 0 Å². The Morgan fingerprint density at radius 3 is 2.77 bits per heavy atom. The van der Waals surface area contributed by atoms with Gasteiger partial charge < -0.3 is 0 Å². The molecular weight excluding hydrogens is 356 g/mol. The van der Waals surface area contributed by atoms with Crippen LogP contribution in [0.3, 0.4) is 0 Å². The predicted octanol–water partition coefficient (Wildman–Crippen LogP) is 4.44. The number of halogens is 2. The number of rotatable bonds is 4. The molecular formula is C19H13F2N3OS. The van der Waals surface area contributed by atoms with E-state index in [9.17, 15) is 13.6 Å². The summed E-state index contributed by atoms with van der Waals surface area (Å²) in [6.45, 7) is 2.00. The van der Waals surface area contributed by atoms with Gasteiger partial charge in [0.1, 0.15) is 11.6 Å². The molecule has 0 unspecified atom stereocenters. The number of thioether (sulfide) groups is 1. The molecule has 0 radical (unpaired) electrons. The van der Waals surface area contributed by atoms with Crippen molar-refractivity contribution in [3.05, 3.63) is 71.3 Å². The number of nitrogens with zero attached hydrogens (tertiary/aromatic N) is 3. The Bertz CT molecular complexity index is 1160. The molecule has 0 N–H and O–H groups in total. The lowest BCUT2D eigenvalue weighted by Crippen LogP contribution is -2.06. The van der Waals surface area contributed by atoms with E-state index in [2.05, 4.69) is 10.2 Å². The highest BCUT2D eigenvalue weighted by molar-refractivity contribution is 7.99. The van der Waals surface area contributed by atoms with Crippen LogP contribution in [-0.2, 0) is 0 Å². The second-order valence-electron chi connectivity index (χ2n) is 5.86. The number of hydrogen-bond acceptors (Lipinski definition) is 4. The van der Waals surface area contributed by atoms with Gasteiger partial charge in [-0.15, -0.1) is 10.2 Å². The summed E-state index contributed by atoms with van der Waals surface area (Å²) >= 11 is 1.15. The molecule has 2 heterocycles. The lowest BCUT2D eigenvalue weighted by molar-refractivity contribution is 0.101. The highest BCUT2D eigenvalue weighted by atomic mass is 32.2. The number of Topliss-reactive ketones (excluding diaryl/α,β-unsaturated/α-hetero) is 1. The molecule has 0 aliphatic heterocycles. The molecule has 0 aliphatic rings. The summed E-state index contributed by atoms with van der Waals surface area (Å²) in [4.78, 5) is 12.3. The summed E-state index contributed by atoms with van der Waals surface area (Å²) in [6, 6.07) is 12.6. The average molecular weight is 369 g/mol. The predicted molar refractivity (Wildman–Crippen MR) is 96.6 cm³/mol. The molecule has 4 aromatic rings. The van der Waals surface area contributed by atoms with E-state index in [1.54, 1.807) is 0 Å². The second kappa shape index (κ2) is 6.49. The van der Waals surface area contributed by atoms with Crippen molar-refractivity contribution in [3.63, 3.8) is 0 Å². The van der Waals surface area contributed by atoms with Gasteiger partial charge >= 0.3 is 0 Å². The molecule has 0 saturated carbocycles. The highest BCUT2D eigenvalue weighted by Crippen LogP contribution is 2.26. The van der Waals surface area contributed by atoms with E-state index in [0.717, 1.165) is 46.4 Å². The number of carbonyl (C=O) groups excluding carboxylic acids is 1. The van der Waals surface area contributed by atoms with Crippen molar-refractivity contribution in [3.8, 4) is 0 Å². The number of benzene rings is 2. The van der Waals surface area contributed by atoms with Crippen molar-refractivity contribution in [2.75, 3.05) is 5.75 Å². The number of fused-ring (bicyclic) bond motifs is 3. The van der Waals surface area contributed by atoms with Crippen molar-refractivity contribution >= 4 is 34.1 Å². The monoisotopic (exact) mass is 369 g/mol. The maximum absolute atomic E-state index is 13.8. The summed E-state index contributed by atoms with van der Waals surface area (Å²) in [7, 11) is 0. The van der Waals surface area contributed by atoms with Crippen LogP contribution in [0, 0.1) is 18.6 Å². The van der Waals surface area contributed by atoms with E-state index < -0.39 is 17.4 Å². The molecule has 4 nitrogen and oxygen atoms in total. The van der Waals surface area contributed by atoms with Gasteiger partial charge in [-0.1, -0.05) is 30.0 Å². The molecule has 0 fully saturated rings. The normalized spacial score (nSPS) is 11.3. The molecule has 0 atom stereocenters. The van der Waals surface area contributed by atoms with Crippen molar-refractivity contribution in [1.82, 2.24) is 14.6 Å². The molecule has 0 bridgehead atoms. The zero-order valence-electron chi connectivity index (χ0n) is 13.7. The first-order valence-electron chi connectivity index (χ1n) is 7.89. The summed E-state index contributed by atoms with van der Waals surface area (Å²) in [6.07, 6.45) is 0. The number of carbonyl (C=O) groups is 1. The number of aryl methyl sites for hydroxylation is 1. The van der Waals surface area contributed by atoms with Crippen molar-refractivity contribution < 1.29 is 13.6 Å². The molecule has 26 heavy (non-hydrogen) atoms. The average Bonchev–Trinajstić information content (AvgIpc) is 3.05. The molecule has 0 amide bonds. The highest BCUT2D eigenvalue weighted by Gasteiger charge is 2.16. The Balaban J connectivity index is 1.69. The van der Waals surface area contributed by atoms with E-state index in [4.69, 9.17) is 0 Å². The van der Waals surface area contributed by atoms with E-state index in [-0.39, 0.29) is 11.3 Å². The fraction of sp³-hybridized carbons (Fsp3) is 0.105. The quantitative estimate of drug-likeness (QED) is 0.394. The van der Waals surface area contributed by atoms with Gasteiger partial charge in [0.2, 0.25) is 0 Å². The number of pyridine rings is 1. The zero-order valence-corrected chi connectivity index (χ0v) is 14.6. The van der Waals surface area contributed by atoms with Gasteiger partial charge in [0.25, 0.3) is 0 Å². The van der Waals surface area contributed by atoms with Gasteiger partial charge in [0.05, 0.1) is 16.8 Å². The largest absolute Gasteiger partial charge is 0.293 e. The lowest BCUT2D eigenvalue weighted by Gasteiger charge is -2.07. The van der Waals surface area contributed by atoms with Crippen molar-refractivity contribution in [2.45, 2.75) is 12.1 Å². The second-order valence-corrected chi connectivity index (χ2v) is 6.80. The number of ketones is 1. The molecule has 2 aromatic carbocycles. The van der Waals surface area contributed by atoms with E-state index in [1.807, 2.05) is 41.7 Å². The van der Waals surface area contributed by atoms with Crippen LogP contribution in [0.1, 0.15) is 15.9 Å².